The predicted molar refractivity (Wildman–Crippen MR) is 89.4 cm³/mol. The summed E-state index contributed by atoms with van der Waals surface area (Å²) in [5, 5.41) is 23.2. The monoisotopic (exact) mass is 310 g/mol. The molecule has 4 fully saturated rings. The minimum Gasteiger partial charge on any atom is -0.394 e. The molecule has 0 aromatic heterocycles. The summed E-state index contributed by atoms with van der Waals surface area (Å²) in [7, 11) is 0. The summed E-state index contributed by atoms with van der Waals surface area (Å²) in [6.07, 6.45) is 7.78. The van der Waals surface area contributed by atoms with Gasteiger partial charge in [-0.15, -0.1) is 0 Å². The molecule has 23 heavy (non-hydrogen) atoms. The molecule has 0 radical (unpaired) electrons. The molecular formula is C20H26N2O. The van der Waals surface area contributed by atoms with Gasteiger partial charge in [0.1, 0.15) is 6.04 Å². The van der Waals surface area contributed by atoms with Crippen LogP contribution in [0.1, 0.15) is 50.1 Å². The number of hydrogen-bond donors (Lipinski definition) is 2. The van der Waals surface area contributed by atoms with Gasteiger partial charge in [-0.1, -0.05) is 30.3 Å². The highest BCUT2D eigenvalue weighted by Crippen LogP contribution is 2.61. The third-order valence-electron chi connectivity index (χ3n) is 6.58. The molecule has 2 unspecified atom stereocenters. The summed E-state index contributed by atoms with van der Waals surface area (Å²) in [5.74, 6) is 2.51. The number of nitrogens with one attached hydrogen (secondary N) is 1. The maximum Gasteiger partial charge on any atom is 0.102 e. The summed E-state index contributed by atoms with van der Waals surface area (Å²) < 4.78 is 0. The number of hydrogen-bond acceptors (Lipinski definition) is 3. The van der Waals surface area contributed by atoms with Gasteiger partial charge in [0, 0.05) is 0 Å². The lowest BCUT2D eigenvalue weighted by Gasteiger charge is -2.58. The fraction of sp³-hybridized carbons (Fsp3) is 0.650. The number of rotatable bonds is 5. The van der Waals surface area contributed by atoms with Crippen molar-refractivity contribution in [1.82, 2.24) is 5.32 Å². The van der Waals surface area contributed by atoms with Gasteiger partial charge in [0.2, 0.25) is 0 Å². The Morgan fingerprint density at radius 1 is 1.09 bits per heavy atom. The Bertz CT molecular complexity index is 556. The van der Waals surface area contributed by atoms with Crippen molar-refractivity contribution in [2.75, 3.05) is 6.61 Å². The van der Waals surface area contributed by atoms with Crippen LogP contribution < -0.4 is 5.32 Å². The molecule has 4 bridgehead atoms. The van der Waals surface area contributed by atoms with Crippen molar-refractivity contribution in [2.45, 2.75) is 50.6 Å². The van der Waals surface area contributed by atoms with Crippen molar-refractivity contribution < 1.29 is 5.11 Å². The molecule has 4 aliphatic rings. The van der Waals surface area contributed by atoms with Crippen LogP contribution in [0, 0.1) is 34.5 Å². The largest absolute Gasteiger partial charge is 0.394 e. The van der Waals surface area contributed by atoms with E-state index in [9.17, 15) is 10.4 Å². The Morgan fingerprint density at radius 2 is 1.65 bits per heavy atom. The molecule has 0 saturated heterocycles. The molecule has 0 heterocycles. The highest BCUT2D eigenvalue weighted by atomic mass is 16.3. The van der Waals surface area contributed by atoms with Crippen LogP contribution in [0.4, 0.5) is 0 Å². The lowest BCUT2D eigenvalue weighted by Crippen LogP contribution is -2.56. The Hall–Kier alpha value is -1.37. The number of benzene rings is 1. The van der Waals surface area contributed by atoms with Crippen LogP contribution in [-0.4, -0.2) is 17.8 Å². The average molecular weight is 310 g/mol. The number of nitrogens with zero attached hydrogens (tertiary/aromatic N) is 1. The fourth-order valence-electron chi connectivity index (χ4n) is 6.02. The van der Waals surface area contributed by atoms with Gasteiger partial charge in [0.25, 0.3) is 0 Å². The molecule has 5 rings (SSSR count). The predicted octanol–water partition coefficient (Wildman–Crippen LogP) is 3.42. The van der Waals surface area contributed by atoms with Crippen LogP contribution in [0.2, 0.25) is 0 Å². The number of aliphatic hydroxyl groups excluding tert-OH is 1. The van der Waals surface area contributed by atoms with Crippen LogP contribution in [0.15, 0.2) is 30.3 Å². The first kappa shape index (κ1) is 15.2. The van der Waals surface area contributed by atoms with Gasteiger partial charge in [-0.25, -0.2) is 0 Å². The lowest BCUT2D eigenvalue weighted by molar-refractivity contribution is -0.0661. The molecule has 4 saturated carbocycles. The first-order chi connectivity index (χ1) is 11.2. The van der Waals surface area contributed by atoms with Crippen LogP contribution >= 0.6 is 0 Å². The standard InChI is InChI=1S/C20H26N2O/c21-12-19(22-18(13-23)17-4-2-1-3-5-17)20-9-14-6-15(10-20)8-16(7-14)11-20/h1-5,14-16,18-19,22-23H,6-11,13H2. The van der Waals surface area contributed by atoms with Crippen molar-refractivity contribution >= 4 is 0 Å². The quantitative estimate of drug-likeness (QED) is 0.876. The zero-order valence-electron chi connectivity index (χ0n) is 13.6. The maximum atomic E-state index is 9.88. The lowest BCUT2D eigenvalue weighted by atomic mass is 9.48. The normalized spacial score (nSPS) is 37.3. The summed E-state index contributed by atoms with van der Waals surface area (Å²) in [6, 6.07) is 12.3. The molecule has 1 aromatic rings. The van der Waals surface area contributed by atoms with Gasteiger partial charge in [0.15, 0.2) is 0 Å². The molecule has 3 nitrogen and oxygen atoms in total. The van der Waals surface area contributed by atoms with Crippen molar-refractivity contribution in [3.63, 3.8) is 0 Å². The molecule has 0 spiro atoms. The molecule has 3 heteroatoms. The van der Waals surface area contributed by atoms with E-state index in [0.29, 0.717) is 0 Å². The molecule has 0 aliphatic heterocycles. The smallest absolute Gasteiger partial charge is 0.102 e. The fourth-order valence-corrected chi connectivity index (χ4v) is 6.02. The van der Waals surface area contributed by atoms with Gasteiger partial charge in [-0.05, 0) is 67.3 Å². The molecule has 122 valence electrons. The van der Waals surface area contributed by atoms with Crippen LogP contribution in [0.25, 0.3) is 0 Å². The summed E-state index contributed by atoms with van der Waals surface area (Å²) in [5.41, 5.74) is 1.21. The highest BCUT2D eigenvalue weighted by molar-refractivity contribution is 5.21. The van der Waals surface area contributed by atoms with Crippen molar-refractivity contribution in [1.29, 1.82) is 5.26 Å². The Balaban J connectivity index is 1.56. The van der Waals surface area contributed by atoms with Gasteiger partial charge < -0.3 is 5.11 Å². The van der Waals surface area contributed by atoms with Crippen molar-refractivity contribution in [3.8, 4) is 6.07 Å². The van der Waals surface area contributed by atoms with E-state index in [-0.39, 0.29) is 24.1 Å². The summed E-state index contributed by atoms with van der Waals surface area (Å²) in [4.78, 5) is 0. The zero-order valence-corrected chi connectivity index (χ0v) is 13.6. The second kappa shape index (κ2) is 5.92. The van der Waals surface area contributed by atoms with E-state index in [1.807, 2.05) is 30.3 Å². The first-order valence-electron chi connectivity index (χ1n) is 9.04. The van der Waals surface area contributed by atoms with Crippen LogP contribution in [-0.2, 0) is 0 Å². The number of nitriles is 1. The summed E-state index contributed by atoms with van der Waals surface area (Å²) >= 11 is 0. The van der Waals surface area contributed by atoms with E-state index in [1.54, 1.807) is 0 Å². The van der Waals surface area contributed by atoms with E-state index in [2.05, 4.69) is 11.4 Å². The average Bonchev–Trinajstić information content (AvgIpc) is 2.55. The second-order valence-electron chi connectivity index (χ2n) is 8.15. The van der Waals surface area contributed by atoms with Gasteiger partial charge in [0.05, 0.1) is 18.7 Å². The molecular weight excluding hydrogens is 284 g/mol. The van der Waals surface area contributed by atoms with Gasteiger partial charge >= 0.3 is 0 Å². The van der Waals surface area contributed by atoms with Crippen molar-refractivity contribution in [2.24, 2.45) is 23.2 Å². The van der Waals surface area contributed by atoms with Gasteiger partial charge in [-0.3, -0.25) is 5.32 Å². The molecule has 4 aliphatic carbocycles. The number of aliphatic hydroxyl groups is 1. The highest BCUT2D eigenvalue weighted by Gasteiger charge is 2.54. The maximum absolute atomic E-state index is 9.88. The molecule has 0 amide bonds. The zero-order chi connectivity index (χ0) is 15.9. The van der Waals surface area contributed by atoms with Gasteiger partial charge in [-0.2, -0.15) is 5.26 Å². The SMILES string of the molecule is N#CC(NC(CO)c1ccccc1)C12CC3CC(CC(C3)C1)C2. The Labute approximate surface area is 138 Å². The minimum absolute atomic E-state index is 0.0363. The third-order valence-corrected chi connectivity index (χ3v) is 6.58. The Morgan fingerprint density at radius 3 is 2.13 bits per heavy atom. The van der Waals surface area contributed by atoms with E-state index in [4.69, 9.17) is 0 Å². The van der Waals surface area contributed by atoms with Crippen molar-refractivity contribution in [3.05, 3.63) is 35.9 Å². The first-order valence-corrected chi connectivity index (χ1v) is 9.04. The topological polar surface area (TPSA) is 56.0 Å². The Kier molecular flexibility index (Phi) is 3.91. The van der Waals surface area contributed by atoms with E-state index >= 15 is 0 Å². The second-order valence-corrected chi connectivity index (χ2v) is 8.15. The summed E-state index contributed by atoms with van der Waals surface area (Å²) in [6.45, 7) is 0.0363. The van der Waals surface area contributed by atoms with Crippen LogP contribution in [0.3, 0.4) is 0 Å². The third kappa shape index (κ3) is 2.69. The van der Waals surface area contributed by atoms with Crippen LogP contribution in [0.5, 0.6) is 0 Å². The van der Waals surface area contributed by atoms with E-state index in [1.165, 1.54) is 38.5 Å². The molecule has 1 aromatic carbocycles. The van der Waals surface area contributed by atoms with E-state index < -0.39 is 0 Å². The molecule has 2 atom stereocenters. The minimum atomic E-state index is -0.145. The molecule has 2 N–H and O–H groups in total. The van der Waals surface area contributed by atoms with E-state index in [0.717, 1.165) is 23.3 Å².